The highest BCUT2D eigenvalue weighted by Gasteiger charge is 2.29. The Morgan fingerprint density at radius 1 is 0.276 bits per heavy atom. The monoisotopic (exact) mass is 1510 g/mol. The fraction of sp³-hybridized carbons (Fsp3) is 0.713. The van der Waals surface area contributed by atoms with Crippen LogP contribution in [0.4, 0.5) is 0 Å². The second-order valence-corrected chi connectivity index (χ2v) is 30.4. The van der Waals surface area contributed by atoms with Gasteiger partial charge in [0.2, 0.25) is 0 Å². The molecule has 0 saturated carbocycles. The predicted octanol–water partition coefficient (Wildman–Crippen LogP) is 24.7. The number of esters is 3. The number of carbonyl (C=O) groups is 3. The largest absolute Gasteiger partial charge is 0.472 e. The summed E-state index contributed by atoms with van der Waals surface area (Å²) in [4.78, 5) is 58.6. The van der Waals surface area contributed by atoms with Gasteiger partial charge in [-0.3, -0.25) is 32.5 Å². The molecule has 0 aliphatic rings. The van der Waals surface area contributed by atoms with Crippen molar-refractivity contribution in [3.63, 3.8) is 0 Å². The number of phosphoric ester groups is 2. The molecular weight excluding hydrogens is 1360 g/mol. The number of aliphatic hydroxyl groups excluding tert-OH is 2. The molecule has 5 atom stereocenters. The van der Waals surface area contributed by atoms with Gasteiger partial charge >= 0.3 is 33.6 Å². The maximum absolute atomic E-state index is 12.9. The van der Waals surface area contributed by atoms with Crippen LogP contribution in [0, 0.1) is 0 Å². The van der Waals surface area contributed by atoms with E-state index in [1.54, 1.807) is 0 Å². The van der Waals surface area contributed by atoms with Gasteiger partial charge in [0.15, 0.2) is 6.10 Å². The van der Waals surface area contributed by atoms with Crippen molar-refractivity contribution in [1.82, 2.24) is 0 Å². The second-order valence-electron chi connectivity index (χ2n) is 27.5. The third kappa shape index (κ3) is 80.5. The molecule has 0 aromatic carbocycles. The molecule has 0 bridgehead atoms. The standard InChI is InChI=1S/C87H150O16P2/c1-4-7-10-13-16-19-22-24-26-28-30-32-34-35-36-37-38-39-40-41-42-43-44-45-47-49-50-52-54-56-59-61-64-67-70-73-85(90)97-76-82(88)77-99-104(93,94)100-78-83(89)79-101-105(95,96)102-81-84(103-87(92)75-72-69-66-63-58-21-18-15-12-9-6-3)80-98-86(91)74-71-68-65-62-60-57-55-53-51-48-46-33-31-29-27-25-23-20-17-14-11-8-5-2/h7-8,10-11,16-17,19-20,24-27,30-33,35-36,48,51,55,57,82-84,88-89H,4-6,9,12-15,18,21-23,28-29,34,37-47,49-50,52-54,56,58-81H2,1-3H3,(H,93,94)(H,95,96)/b10-7-,11-8-,19-16-,20-17-,26-24-,27-25-,32-30-,33-31-,36-35-,51-48-,57-55-. The van der Waals surface area contributed by atoms with E-state index in [0.717, 1.165) is 141 Å². The summed E-state index contributed by atoms with van der Waals surface area (Å²) < 4.78 is 61.1. The second kappa shape index (κ2) is 79.2. The van der Waals surface area contributed by atoms with E-state index in [0.29, 0.717) is 19.3 Å². The van der Waals surface area contributed by atoms with E-state index in [4.69, 9.17) is 32.3 Å². The Kier molecular flexibility index (Phi) is 76.0. The summed E-state index contributed by atoms with van der Waals surface area (Å²) in [5.41, 5.74) is 0. The zero-order chi connectivity index (χ0) is 76.6. The fourth-order valence-electron chi connectivity index (χ4n) is 11.1. The van der Waals surface area contributed by atoms with Gasteiger partial charge in [0.25, 0.3) is 0 Å². The van der Waals surface area contributed by atoms with Crippen molar-refractivity contribution in [2.45, 2.75) is 360 Å². The molecular formula is C87H150O16P2. The Morgan fingerprint density at radius 2 is 0.505 bits per heavy atom. The molecule has 0 aromatic rings. The van der Waals surface area contributed by atoms with E-state index in [-0.39, 0.29) is 19.3 Å². The lowest BCUT2D eigenvalue weighted by Gasteiger charge is -2.21. The van der Waals surface area contributed by atoms with Crippen LogP contribution in [0.1, 0.15) is 342 Å². The molecule has 0 saturated heterocycles. The summed E-state index contributed by atoms with van der Waals surface area (Å²) in [5, 5.41) is 20.6. The highest BCUT2D eigenvalue weighted by molar-refractivity contribution is 7.47. The quantitative estimate of drug-likeness (QED) is 0.0146. The lowest BCUT2D eigenvalue weighted by Crippen LogP contribution is -2.30. The maximum Gasteiger partial charge on any atom is 0.472 e. The van der Waals surface area contributed by atoms with E-state index < -0.39 is 91.5 Å². The first-order valence-corrected chi connectivity index (χ1v) is 44.5. The molecule has 105 heavy (non-hydrogen) atoms. The fourth-order valence-corrected chi connectivity index (χ4v) is 12.7. The smallest absolute Gasteiger partial charge is 0.463 e. The maximum atomic E-state index is 12.9. The van der Waals surface area contributed by atoms with Crippen molar-refractivity contribution in [3.8, 4) is 0 Å². The molecule has 0 heterocycles. The van der Waals surface area contributed by atoms with Crippen LogP contribution in [0.15, 0.2) is 134 Å². The highest BCUT2D eigenvalue weighted by atomic mass is 31.2. The zero-order valence-corrected chi connectivity index (χ0v) is 67.9. The van der Waals surface area contributed by atoms with Crippen molar-refractivity contribution >= 4 is 33.6 Å². The summed E-state index contributed by atoms with van der Waals surface area (Å²) in [5.74, 6) is -1.60. The Bertz CT molecular complexity index is 2440. The van der Waals surface area contributed by atoms with Crippen LogP contribution >= 0.6 is 15.6 Å². The number of hydrogen-bond acceptors (Lipinski definition) is 14. The molecule has 0 fully saturated rings. The molecule has 0 rings (SSSR count). The summed E-state index contributed by atoms with van der Waals surface area (Å²) in [6.45, 7) is 2.44. The molecule has 0 aliphatic carbocycles. The Labute approximate surface area is 639 Å². The molecule has 0 aliphatic heterocycles. The van der Waals surface area contributed by atoms with Crippen molar-refractivity contribution in [2.75, 3.05) is 39.6 Å². The average Bonchev–Trinajstić information content (AvgIpc) is 0.913. The molecule has 4 N–H and O–H groups in total. The number of aliphatic hydroxyl groups is 2. The minimum Gasteiger partial charge on any atom is -0.463 e. The normalized spacial score (nSPS) is 14.6. The van der Waals surface area contributed by atoms with Crippen molar-refractivity contribution in [1.29, 1.82) is 0 Å². The van der Waals surface area contributed by atoms with Gasteiger partial charge in [0, 0.05) is 19.3 Å². The lowest BCUT2D eigenvalue weighted by atomic mass is 10.0. The van der Waals surface area contributed by atoms with Crippen LogP contribution in [0.2, 0.25) is 0 Å². The summed E-state index contributed by atoms with van der Waals surface area (Å²) in [7, 11) is -9.79. The van der Waals surface area contributed by atoms with Crippen LogP contribution < -0.4 is 0 Å². The Morgan fingerprint density at radius 3 is 0.800 bits per heavy atom. The molecule has 16 nitrogen and oxygen atoms in total. The predicted molar refractivity (Wildman–Crippen MR) is 436 cm³/mol. The minimum absolute atomic E-state index is 0.0991. The van der Waals surface area contributed by atoms with Gasteiger partial charge in [-0.2, -0.15) is 0 Å². The third-order valence-corrected chi connectivity index (χ3v) is 19.3. The molecule has 18 heteroatoms. The van der Waals surface area contributed by atoms with Gasteiger partial charge in [-0.1, -0.05) is 341 Å². The van der Waals surface area contributed by atoms with Crippen LogP contribution in [-0.4, -0.2) is 95.9 Å². The molecule has 5 unspecified atom stereocenters. The Hall–Kier alpha value is -4.31. The van der Waals surface area contributed by atoms with Crippen LogP contribution in [0.5, 0.6) is 0 Å². The highest BCUT2D eigenvalue weighted by Crippen LogP contribution is 2.45. The van der Waals surface area contributed by atoms with E-state index >= 15 is 0 Å². The number of hydrogen-bond donors (Lipinski definition) is 4. The van der Waals surface area contributed by atoms with E-state index in [1.807, 2.05) is 0 Å². The van der Waals surface area contributed by atoms with Gasteiger partial charge in [-0.25, -0.2) is 9.13 Å². The third-order valence-electron chi connectivity index (χ3n) is 17.4. The van der Waals surface area contributed by atoms with Crippen molar-refractivity contribution in [2.24, 2.45) is 0 Å². The van der Waals surface area contributed by atoms with Gasteiger partial charge in [0.05, 0.1) is 26.4 Å². The molecule has 0 spiro atoms. The Balaban J connectivity index is 4.36. The van der Waals surface area contributed by atoms with Gasteiger partial charge in [-0.05, 0) is 116 Å². The molecule has 0 aromatic heterocycles. The number of phosphoric acid groups is 2. The first-order chi connectivity index (χ1) is 51.2. The van der Waals surface area contributed by atoms with Crippen LogP contribution in [0.25, 0.3) is 0 Å². The first-order valence-electron chi connectivity index (χ1n) is 41.5. The topological polar surface area (TPSA) is 231 Å². The van der Waals surface area contributed by atoms with Crippen molar-refractivity contribution in [3.05, 3.63) is 134 Å². The number of unbranched alkanes of at least 4 members (excludes halogenated alkanes) is 33. The molecule has 604 valence electrons. The van der Waals surface area contributed by atoms with E-state index in [2.05, 4.69) is 154 Å². The average molecular weight is 1510 g/mol. The van der Waals surface area contributed by atoms with Crippen LogP contribution in [-0.2, 0) is 55.8 Å². The van der Waals surface area contributed by atoms with Gasteiger partial charge in [-0.15, -0.1) is 0 Å². The SMILES string of the molecule is CC/C=C\C/C=C\C/C=C\C/C=C\C/C=C\C/C=C\CCCCCCC(=O)OCC(COP(=O)(O)OCC(O)COP(=O)(O)OCC(O)COC(=O)CCCCCCCCCCCCCCCCCCCCC/C=C\C/C=C\C/C=C\C/C=C\C/C=C\CC)OC(=O)CCCCCCCCCCCCC. The van der Waals surface area contributed by atoms with E-state index in [9.17, 15) is 43.5 Å². The number of rotatable bonds is 78. The van der Waals surface area contributed by atoms with Crippen LogP contribution in [0.3, 0.4) is 0 Å². The first kappa shape index (κ1) is 101. The lowest BCUT2D eigenvalue weighted by molar-refractivity contribution is -0.161. The number of carbonyl (C=O) groups excluding carboxylic acids is 3. The summed E-state index contributed by atoms with van der Waals surface area (Å²) in [6.07, 6.45) is 96.8. The van der Waals surface area contributed by atoms with Crippen molar-refractivity contribution < 1.29 is 75.8 Å². The number of ether oxygens (including phenoxy) is 3. The minimum atomic E-state index is -4.93. The zero-order valence-electron chi connectivity index (χ0n) is 66.1. The number of allylic oxidation sites excluding steroid dienone is 22. The molecule has 0 amide bonds. The molecule has 0 radical (unpaired) electrons. The summed E-state index contributed by atoms with van der Waals surface area (Å²) in [6, 6.07) is 0. The van der Waals surface area contributed by atoms with Gasteiger partial charge < -0.3 is 34.2 Å². The van der Waals surface area contributed by atoms with Gasteiger partial charge in [0.1, 0.15) is 25.4 Å². The summed E-state index contributed by atoms with van der Waals surface area (Å²) >= 11 is 0. The van der Waals surface area contributed by atoms with E-state index in [1.165, 1.54) is 141 Å².